The molecule has 0 aromatic rings. The average Bonchev–Trinajstić information content (AvgIpc) is 3.00. The SMILES string of the molecule is O=C(O)C1(NCC2CC2)CCS(=O)(=O)CC1. The molecule has 0 bridgehead atoms. The highest BCUT2D eigenvalue weighted by Crippen LogP contribution is 2.30. The lowest BCUT2D eigenvalue weighted by molar-refractivity contribution is -0.145. The molecule has 0 aromatic heterocycles. The van der Waals surface area contributed by atoms with Gasteiger partial charge < -0.3 is 10.4 Å². The molecule has 6 heteroatoms. The molecule has 16 heavy (non-hydrogen) atoms. The van der Waals surface area contributed by atoms with Gasteiger partial charge in [0, 0.05) is 0 Å². The summed E-state index contributed by atoms with van der Waals surface area (Å²) in [7, 11) is -3.01. The number of carbonyl (C=O) groups is 1. The van der Waals surface area contributed by atoms with E-state index in [1.54, 1.807) is 0 Å². The zero-order valence-electron chi connectivity index (χ0n) is 9.11. The Morgan fingerprint density at radius 3 is 2.31 bits per heavy atom. The molecule has 1 saturated heterocycles. The molecule has 2 N–H and O–H groups in total. The van der Waals surface area contributed by atoms with Crippen molar-refractivity contribution in [2.75, 3.05) is 18.1 Å². The van der Waals surface area contributed by atoms with Crippen LogP contribution in [0.15, 0.2) is 0 Å². The Labute approximate surface area is 95.1 Å². The molecule has 0 spiro atoms. The lowest BCUT2D eigenvalue weighted by atomic mass is 9.92. The van der Waals surface area contributed by atoms with Crippen molar-refractivity contribution in [3.8, 4) is 0 Å². The molecule has 2 rings (SSSR count). The molecule has 0 amide bonds. The lowest BCUT2D eigenvalue weighted by Gasteiger charge is -2.34. The smallest absolute Gasteiger partial charge is 0.323 e. The molecule has 92 valence electrons. The Hall–Kier alpha value is -0.620. The van der Waals surface area contributed by atoms with Crippen LogP contribution in [0.2, 0.25) is 0 Å². The molecule has 1 aliphatic heterocycles. The van der Waals surface area contributed by atoms with E-state index in [1.807, 2.05) is 0 Å². The first-order chi connectivity index (χ1) is 7.44. The third-order valence-corrected chi connectivity index (χ3v) is 5.17. The average molecular weight is 247 g/mol. The van der Waals surface area contributed by atoms with Crippen molar-refractivity contribution in [3.63, 3.8) is 0 Å². The van der Waals surface area contributed by atoms with E-state index in [1.165, 1.54) is 0 Å². The van der Waals surface area contributed by atoms with Crippen LogP contribution in [0.3, 0.4) is 0 Å². The van der Waals surface area contributed by atoms with Crippen LogP contribution in [0.25, 0.3) is 0 Å². The van der Waals surface area contributed by atoms with Crippen LogP contribution in [0.1, 0.15) is 25.7 Å². The summed E-state index contributed by atoms with van der Waals surface area (Å²) < 4.78 is 22.6. The van der Waals surface area contributed by atoms with Gasteiger partial charge in [-0.25, -0.2) is 8.42 Å². The normalized spacial score (nSPS) is 27.5. The Morgan fingerprint density at radius 2 is 1.88 bits per heavy atom. The Bertz CT molecular complexity index is 372. The third-order valence-electron chi connectivity index (χ3n) is 3.52. The maximum atomic E-state index is 11.3. The first-order valence-electron chi connectivity index (χ1n) is 5.62. The largest absolute Gasteiger partial charge is 0.480 e. The highest BCUT2D eigenvalue weighted by Gasteiger charge is 2.44. The number of hydrogen-bond donors (Lipinski definition) is 2. The molecule has 0 radical (unpaired) electrons. The van der Waals surface area contributed by atoms with Crippen LogP contribution in [0.4, 0.5) is 0 Å². The van der Waals surface area contributed by atoms with Crippen molar-refractivity contribution in [1.82, 2.24) is 5.32 Å². The Morgan fingerprint density at radius 1 is 1.31 bits per heavy atom. The van der Waals surface area contributed by atoms with Crippen LogP contribution in [0, 0.1) is 5.92 Å². The second kappa shape index (κ2) is 4.00. The second-order valence-corrected chi connectivity index (χ2v) is 7.17. The molecule has 1 saturated carbocycles. The highest BCUT2D eigenvalue weighted by molar-refractivity contribution is 7.91. The molecule has 1 aliphatic carbocycles. The zero-order valence-corrected chi connectivity index (χ0v) is 9.92. The van der Waals surface area contributed by atoms with E-state index in [4.69, 9.17) is 0 Å². The van der Waals surface area contributed by atoms with Gasteiger partial charge in [-0.2, -0.15) is 0 Å². The second-order valence-electron chi connectivity index (χ2n) is 4.86. The molecule has 2 fully saturated rings. The van der Waals surface area contributed by atoms with E-state index in [0.717, 1.165) is 12.8 Å². The monoisotopic (exact) mass is 247 g/mol. The molecule has 0 aromatic carbocycles. The fourth-order valence-corrected chi connectivity index (χ4v) is 3.54. The molecule has 1 heterocycles. The fourth-order valence-electron chi connectivity index (χ4n) is 2.01. The number of sulfone groups is 1. The van der Waals surface area contributed by atoms with Crippen LogP contribution in [-0.4, -0.2) is 43.1 Å². The molecular weight excluding hydrogens is 230 g/mol. The summed E-state index contributed by atoms with van der Waals surface area (Å²) in [5.41, 5.74) is -1.01. The summed E-state index contributed by atoms with van der Waals surface area (Å²) in [6, 6.07) is 0. The van der Waals surface area contributed by atoms with Gasteiger partial charge in [-0.15, -0.1) is 0 Å². The number of hydrogen-bond acceptors (Lipinski definition) is 4. The van der Waals surface area contributed by atoms with Crippen LogP contribution in [0.5, 0.6) is 0 Å². The van der Waals surface area contributed by atoms with Gasteiger partial charge in [-0.1, -0.05) is 0 Å². The molecular formula is C10H17NO4S. The van der Waals surface area contributed by atoms with Crippen LogP contribution < -0.4 is 5.32 Å². The van der Waals surface area contributed by atoms with Crippen molar-refractivity contribution in [1.29, 1.82) is 0 Å². The van der Waals surface area contributed by atoms with E-state index in [2.05, 4.69) is 5.32 Å². The third kappa shape index (κ3) is 2.55. The van der Waals surface area contributed by atoms with E-state index in [0.29, 0.717) is 12.5 Å². The quantitative estimate of drug-likeness (QED) is 0.731. The Balaban J connectivity index is 2.01. The maximum Gasteiger partial charge on any atom is 0.323 e. The first-order valence-corrected chi connectivity index (χ1v) is 7.45. The number of aliphatic carboxylic acids is 1. The van der Waals surface area contributed by atoms with Gasteiger partial charge in [0.25, 0.3) is 0 Å². The summed E-state index contributed by atoms with van der Waals surface area (Å²) in [5.74, 6) is -0.355. The molecule has 0 unspecified atom stereocenters. The molecule has 0 atom stereocenters. The van der Waals surface area contributed by atoms with Crippen molar-refractivity contribution < 1.29 is 18.3 Å². The van der Waals surface area contributed by atoms with Crippen molar-refractivity contribution in [3.05, 3.63) is 0 Å². The molecule has 5 nitrogen and oxygen atoms in total. The zero-order chi connectivity index (χ0) is 11.8. The number of carboxylic acid groups (broad SMARTS) is 1. The van der Waals surface area contributed by atoms with Gasteiger partial charge in [-0.3, -0.25) is 4.79 Å². The maximum absolute atomic E-state index is 11.3. The highest BCUT2D eigenvalue weighted by atomic mass is 32.2. The number of nitrogens with one attached hydrogen (secondary N) is 1. The van der Waals surface area contributed by atoms with Gasteiger partial charge >= 0.3 is 5.97 Å². The van der Waals surface area contributed by atoms with E-state index < -0.39 is 21.3 Å². The van der Waals surface area contributed by atoms with Crippen molar-refractivity contribution >= 4 is 15.8 Å². The minimum Gasteiger partial charge on any atom is -0.480 e. The summed E-state index contributed by atoms with van der Waals surface area (Å²) >= 11 is 0. The number of carboxylic acids is 1. The lowest BCUT2D eigenvalue weighted by Crippen LogP contribution is -2.57. The van der Waals surface area contributed by atoms with Gasteiger partial charge in [0.05, 0.1) is 11.5 Å². The summed E-state index contributed by atoms with van der Waals surface area (Å²) in [6.07, 6.45) is 2.69. The van der Waals surface area contributed by atoms with Gasteiger partial charge in [0.15, 0.2) is 0 Å². The summed E-state index contributed by atoms with van der Waals surface area (Å²) in [5, 5.41) is 12.3. The minimum atomic E-state index is -3.01. The Kier molecular flexibility index (Phi) is 2.96. The van der Waals surface area contributed by atoms with E-state index in [-0.39, 0.29) is 24.3 Å². The predicted molar refractivity (Wildman–Crippen MR) is 59.0 cm³/mol. The standard InChI is InChI=1S/C10H17NO4S/c12-9(13)10(11-7-8-1-2-8)3-5-16(14,15)6-4-10/h8,11H,1-7H2,(H,12,13). The summed E-state index contributed by atoms with van der Waals surface area (Å²) in [6.45, 7) is 0.701. The van der Waals surface area contributed by atoms with E-state index in [9.17, 15) is 18.3 Å². The number of rotatable bonds is 4. The van der Waals surface area contributed by atoms with Crippen molar-refractivity contribution in [2.45, 2.75) is 31.2 Å². The summed E-state index contributed by atoms with van der Waals surface area (Å²) in [4.78, 5) is 11.3. The van der Waals surface area contributed by atoms with Gasteiger partial charge in [0.1, 0.15) is 15.4 Å². The van der Waals surface area contributed by atoms with Crippen molar-refractivity contribution in [2.24, 2.45) is 5.92 Å². The topological polar surface area (TPSA) is 83.5 Å². The minimum absolute atomic E-state index is 0.0169. The van der Waals surface area contributed by atoms with Gasteiger partial charge in [-0.05, 0) is 38.1 Å². The van der Waals surface area contributed by atoms with Gasteiger partial charge in [0.2, 0.25) is 0 Å². The predicted octanol–water partition coefficient (Wildman–Crippen LogP) is 0.0180. The van der Waals surface area contributed by atoms with Crippen LogP contribution >= 0.6 is 0 Å². The van der Waals surface area contributed by atoms with E-state index >= 15 is 0 Å². The van der Waals surface area contributed by atoms with Crippen LogP contribution in [-0.2, 0) is 14.6 Å². The molecule has 2 aliphatic rings. The first kappa shape index (κ1) is 11.9. The fraction of sp³-hybridized carbons (Fsp3) is 0.900.